The van der Waals surface area contributed by atoms with E-state index < -0.39 is 0 Å². The van der Waals surface area contributed by atoms with E-state index in [1.165, 1.54) is 0 Å². The first kappa shape index (κ1) is 21.7. The van der Waals surface area contributed by atoms with Crippen LogP contribution < -0.4 is 15.4 Å². The SMILES string of the molecule is Cc1noc(C)c1COc1cc2ccccc2cc1C(=O)Nc1ccc(C(=O)NC2CC2)cc1. The minimum Gasteiger partial charge on any atom is -0.488 e. The van der Waals surface area contributed by atoms with Crippen molar-refractivity contribution in [1.29, 1.82) is 0 Å². The number of aromatic nitrogens is 1. The fourth-order valence-electron chi connectivity index (χ4n) is 3.77. The Morgan fingerprint density at radius 3 is 2.35 bits per heavy atom. The number of amides is 2. The molecule has 1 aliphatic carbocycles. The number of benzene rings is 3. The average Bonchev–Trinajstić information content (AvgIpc) is 3.60. The van der Waals surface area contributed by atoms with Gasteiger partial charge in [-0.15, -0.1) is 0 Å². The van der Waals surface area contributed by atoms with E-state index in [2.05, 4.69) is 15.8 Å². The molecule has 0 radical (unpaired) electrons. The molecule has 2 N–H and O–H groups in total. The van der Waals surface area contributed by atoms with Crippen molar-refractivity contribution in [3.63, 3.8) is 0 Å². The zero-order chi connectivity index (χ0) is 23.7. The second-order valence-corrected chi connectivity index (χ2v) is 8.57. The highest BCUT2D eigenvalue weighted by molar-refractivity contribution is 6.09. The number of fused-ring (bicyclic) bond motifs is 1. The lowest BCUT2D eigenvalue weighted by Crippen LogP contribution is -2.25. The van der Waals surface area contributed by atoms with Crippen molar-refractivity contribution in [3.8, 4) is 5.75 Å². The predicted octanol–water partition coefficient (Wildman–Crippen LogP) is 5.17. The maximum absolute atomic E-state index is 13.2. The van der Waals surface area contributed by atoms with Crippen LogP contribution in [0.1, 0.15) is 50.6 Å². The molecule has 1 heterocycles. The number of nitrogens with zero attached hydrogens (tertiary/aromatic N) is 1. The van der Waals surface area contributed by atoms with E-state index >= 15 is 0 Å². The zero-order valence-electron chi connectivity index (χ0n) is 19.1. The van der Waals surface area contributed by atoms with Crippen molar-refractivity contribution >= 4 is 28.3 Å². The van der Waals surface area contributed by atoms with Gasteiger partial charge in [0.1, 0.15) is 18.1 Å². The average molecular weight is 456 g/mol. The molecule has 172 valence electrons. The number of hydrogen-bond acceptors (Lipinski definition) is 5. The summed E-state index contributed by atoms with van der Waals surface area (Å²) in [6.45, 7) is 3.93. The minimum absolute atomic E-state index is 0.0927. The molecule has 7 heteroatoms. The van der Waals surface area contributed by atoms with Crippen LogP contribution >= 0.6 is 0 Å². The first-order valence-corrected chi connectivity index (χ1v) is 11.3. The minimum atomic E-state index is -0.297. The van der Waals surface area contributed by atoms with E-state index in [1.54, 1.807) is 24.3 Å². The van der Waals surface area contributed by atoms with Gasteiger partial charge in [-0.25, -0.2) is 0 Å². The Morgan fingerprint density at radius 1 is 1.00 bits per heavy atom. The van der Waals surface area contributed by atoms with Crippen LogP contribution in [0.15, 0.2) is 65.2 Å². The van der Waals surface area contributed by atoms with Crippen molar-refractivity contribution in [2.45, 2.75) is 39.3 Å². The molecule has 34 heavy (non-hydrogen) atoms. The van der Waals surface area contributed by atoms with Crippen molar-refractivity contribution in [1.82, 2.24) is 10.5 Å². The molecular formula is C27H25N3O4. The summed E-state index contributed by atoms with van der Waals surface area (Å²) in [6, 6.07) is 18.7. The van der Waals surface area contributed by atoms with Crippen LogP contribution in [0.3, 0.4) is 0 Å². The molecule has 3 aromatic carbocycles. The standard InChI is InChI=1S/C27H25N3O4/c1-16-24(17(2)34-30-16)15-33-25-14-20-6-4-3-5-19(20)13-23(25)27(32)29-21-9-7-18(8-10-21)26(31)28-22-11-12-22/h3-10,13-14,22H,11-12,15H2,1-2H3,(H,28,31)(H,29,32). The van der Waals surface area contributed by atoms with Crippen molar-refractivity contribution in [2.75, 3.05) is 5.32 Å². The lowest BCUT2D eigenvalue weighted by molar-refractivity contribution is 0.0950. The summed E-state index contributed by atoms with van der Waals surface area (Å²) in [5.41, 5.74) is 3.20. The van der Waals surface area contributed by atoms with Gasteiger partial charge in [0.25, 0.3) is 11.8 Å². The summed E-state index contributed by atoms with van der Waals surface area (Å²) in [5, 5.41) is 11.8. The highest BCUT2D eigenvalue weighted by Crippen LogP contribution is 2.29. The molecule has 7 nitrogen and oxygen atoms in total. The molecule has 2 amide bonds. The van der Waals surface area contributed by atoms with Crippen LogP contribution in [-0.4, -0.2) is 23.0 Å². The van der Waals surface area contributed by atoms with Crippen molar-refractivity contribution in [2.24, 2.45) is 0 Å². The summed E-state index contributed by atoms with van der Waals surface area (Å²) in [5.74, 6) is 0.770. The maximum Gasteiger partial charge on any atom is 0.259 e. The number of rotatable bonds is 7. The number of anilines is 1. The number of ether oxygens (including phenoxy) is 1. The number of aryl methyl sites for hydroxylation is 2. The summed E-state index contributed by atoms with van der Waals surface area (Å²) in [7, 11) is 0. The zero-order valence-corrected chi connectivity index (χ0v) is 19.1. The Kier molecular flexibility index (Phi) is 5.76. The quantitative estimate of drug-likeness (QED) is 0.401. The third kappa shape index (κ3) is 4.64. The molecule has 0 unspecified atom stereocenters. The predicted molar refractivity (Wildman–Crippen MR) is 129 cm³/mol. The fourth-order valence-corrected chi connectivity index (χ4v) is 3.77. The Hall–Kier alpha value is -4.13. The molecule has 1 aliphatic rings. The third-order valence-corrected chi connectivity index (χ3v) is 5.96. The molecule has 0 aliphatic heterocycles. The largest absolute Gasteiger partial charge is 0.488 e. The number of nitrogens with one attached hydrogen (secondary N) is 2. The van der Waals surface area contributed by atoms with Gasteiger partial charge in [0.15, 0.2) is 0 Å². The van der Waals surface area contributed by atoms with E-state index in [9.17, 15) is 9.59 Å². The monoisotopic (exact) mass is 455 g/mol. The van der Waals surface area contributed by atoms with Gasteiger partial charge in [-0.3, -0.25) is 9.59 Å². The van der Waals surface area contributed by atoms with Gasteiger partial charge in [-0.2, -0.15) is 0 Å². The first-order chi connectivity index (χ1) is 16.5. The second-order valence-electron chi connectivity index (χ2n) is 8.57. The van der Waals surface area contributed by atoms with E-state index in [1.807, 2.05) is 50.2 Å². The van der Waals surface area contributed by atoms with Crippen molar-refractivity contribution in [3.05, 3.63) is 88.8 Å². The van der Waals surface area contributed by atoms with Crippen molar-refractivity contribution < 1.29 is 18.8 Å². The van der Waals surface area contributed by atoms with Crippen LogP contribution in [0, 0.1) is 13.8 Å². The number of carbonyl (C=O) groups excluding carboxylic acids is 2. The van der Waals surface area contributed by atoms with Gasteiger partial charge in [0.2, 0.25) is 0 Å². The van der Waals surface area contributed by atoms with E-state index in [0.717, 1.165) is 34.9 Å². The van der Waals surface area contributed by atoms with Gasteiger partial charge in [-0.1, -0.05) is 29.4 Å². The summed E-state index contributed by atoms with van der Waals surface area (Å²) in [4.78, 5) is 25.5. The molecule has 1 saturated carbocycles. The van der Waals surface area contributed by atoms with E-state index in [-0.39, 0.29) is 18.4 Å². The topological polar surface area (TPSA) is 93.5 Å². The molecule has 5 rings (SSSR count). The lowest BCUT2D eigenvalue weighted by atomic mass is 10.0. The summed E-state index contributed by atoms with van der Waals surface area (Å²) in [6.07, 6.45) is 2.07. The molecular weight excluding hydrogens is 430 g/mol. The molecule has 0 atom stereocenters. The van der Waals surface area contributed by atoms with Crippen LogP contribution in [0.25, 0.3) is 10.8 Å². The normalized spacial score (nSPS) is 13.0. The smallest absolute Gasteiger partial charge is 0.259 e. The van der Waals surface area contributed by atoms with Crippen LogP contribution in [0.2, 0.25) is 0 Å². The van der Waals surface area contributed by atoms with Gasteiger partial charge >= 0.3 is 0 Å². The molecule has 4 aromatic rings. The van der Waals surface area contributed by atoms with Gasteiger partial charge < -0.3 is 19.9 Å². The molecule has 0 bridgehead atoms. The van der Waals surface area contributed by atoms with E-state index in [0.29, 0.717) is 34.4 Å². The van der Waals surface area contributed by atoms with Gasteiger partial charge in [0.05, 0.1) is 16.8 Å². The highest BCUT2D eigenvalue weighted by atomic mass is 16.5. The summed E-state index contributed by atoms with van der Waals surface area (Å²) < 4.78 is 11.3. The second kappa shape index (κ2) is 9.02. The molecule has 1 aromatic heterocycles. The van der Waals surface area contributed by atoms with Gasteiger partial charge in [-0.05, 0) is 73.9 Å². The van der Waals surface area contributed by atoms with Crippen LogP contribution in [0.4, 0.5) is 5.69 Å². The molecule has 0 saturated heterocycles. The Labute approximate surface area is 197 Å². The Balaban J connectivity index is 1.38. The van der Waals surface area contributed by atoms with Gasteiger partial charge in [0, 0.05) is 17.3 Å². The highest BCUT2D eigenvalue weighted by Gasteiger charge is 2.23. The Bertz CT molecular complexity index is 1350. The first-order valence-electron chi connectivity index (χ1n) is 11.3. The number of carbonyl (C=O) groups is 2. The third-order valence-electron chi connectivity index (χ3n) is 5.96. The fraction of sp³-hybridized carbons (Fsp3) is 0.222. The molecule has 0 spiro atoms. The van der Waals surface area contributed by atoms with E-state index in [4.69, 9.17) is 9.26 Å². The van der Waals surface area contributed by atoms with Crippen LogP contribution in [-0.2, 0) is 6.61 Å². The lowest BCUT2D eigenvalue weighted by Gasteiger charge is -2.14. The Morgan fingerprint density at radius 2 is 1.71 bits per heavy atom. The molecule has 1 fully saturated rings. The summed E-state index contributed by atoms with van der Waals surface area (Å²) >= 11 is 0. The van der Waals surface area contributed by atoms with Crippen LogP contribution in [0.5, 0.6) is 5.75 Å². The maximum atomic E-state index is 13.2. The number of hydrogen-bond donors (Lipinski definition) is 2.